The number of carbonyl (C=O) groups is 2. The zero-order valence-corrected chi connectivity index (χ0v) is 48.7. The fraction of sp³-hybridized carbons (Fsp3) is 0.145. The van der Waals surface area contributed by atoms with Gasteiger partial charge in [0.2, 0.25) is 0 Å². The van der Waals surface area contributed by atoms with Gasteiger partial charge < -0.3 is 9.47 Å². The summed E-state index contributed by atoms with van der Waals surface area (Å²) >= 11 is 6.05. The van der Waals surface area contributed by atoms with E-state index in [1.807, 2.05) is 45.9 Å². The number of hydrogen-bond donors (Lipinski definition) is 3. The van der Waals surface area contributed by atoms with Crippen molar-refractivity contribution in [2.45, 2.75) is 74.2 Å². The van der Waals surface area contributed by atoms with E-state index in [4.69, 9.17) is 21.1 Å². The van der Waals surface area contributed by atoms with Crippen molar-refractivity contribution in [1.82, 2.24) is 15.0 Å². The van der Waals surface area contributed by atoms with Gasteiger partial charge in [0.1, 0.15) is 11.5 Å². The number of aromatic nitrogens is 3. The number of benzene rings is 6. The van der Waals surface area contributed by atoms with E-state index >= 15 is 0 Å². The number of sulfonamides is 3. The zero-order valence-electron chi connectivity index (χ0n) is 45.5. The third-order valence-corrected chi connectivity index (χ3v) is 16.3. The highest BCUT2D eigenvalue weighted by molar-refractivity contribution is 7.93. The minimum Gasteiger partial charge on any atom is -0.491 e. The Morgan fingerprint density at radius 2 is 0.854 bits per heavy atom. The topological polar surface area (TPSA) is 230 Å². The molecule has 0 aliphatic heterocycles. The summed E-state index contributed by atoms with van der Waals surface area (Å²) in [5.41, 5.74) is 4.10. The Balaban J connectivity index is 0.000000177. The highest BCUT2D eigenvalue weighted by Crippen LogP contribution is 2.34. The number of ketones is 2. The molecule has 6 aromatic carbocycles. The predicted octanol–water partition coefficient (Wildman–Crippen LogP) is 13.6. The van der Waals surface area contributed by atoms with Crippen LogP contribution in [0.2, 0.25) is 5.02 Å². The molecule has 0 saturated carbocycles. The number of ether oxygens (including phenoxy) is 2. The molecule has 0 unspecified atom stereocenters. The number of hydrogen-bond acceptors (Lipinski definition) is 13. The summed E-state index contributed by atoms with van der Waals surface area (Å²) in [6, 6.07) is 48.1. The molecule has 0 aliphatic rings. The van der Waals surface area contributed by atoms with Gasteiger partial charge >= 0.3 is 0 Å². The van der Waals surface area contributed by atoms with Gasteiger partial charge in [0.05, 0.1) is 56.4 Å². The summed E-state index contributed by atoms with van der Waals surface area (Å²) in [6.45, 7) is 12.0. The van der Waals surface area contributed by atoms with Crippen LogP contribution in [0.1, 0.15) is 96.3 Å². The lowest BCUT2D eigenvalue weighted by Gasteiger charge is -2.14. The van der Waals surface area contributed by atoms with E-state index in [-0.39, 0.29) is 66.3 Å². The Kier molecular flexibility index (Phi) is 20.5. The molecule has 0 atom stereocenters. The van der Waals surface area contributed by atoms with E-state index in [0.717, 1.165) is 11.1 Å². The van der Waals surface area contributed by atoms with Gasteiger partial charge in [0.15, 0.2) is 17.3 Å². The molecule has 9 aromatic rings. The average molecular weight is 1180 g/mol. The molecule has 0 radical (unpaired) electrons. The highest BCUT2D eigenvalue weighted by atomic mass is 35.5. The molecule has 82 heavy (non-hydrogen) atoms. The van der Waals surface area contributed by atoms with Crippen molar-refractivity contribution in [2.24, 2.45) is 0 Å². The fourth-order valence-electron chi connectivity index (χ4n) is 7.68. The fourth-order valence-corrected chi connectivity index (χ4v) is 11.0. The number of carbonyl (C=O) groups excluding carboxylic acids is 2. The normalized spacial score (nSPS) is 11.3. The summed E-state index contributed by atoms with van der Waals surface area (Å²) in [4.78, 5) is 37.8. The second-order valence-electron chi connectivity index (χ2n) is 19.1. The maximum Gasteiger partial charge on any atom is 0.262 e. The van der Waals surface area contributed by atoms with Crippen molar-refractivity contribution in [3.05, 3.63) is 252 Å². The summed E-state index contributed by atoms with van der Waals surface area (Å²) in [5, 5.41) is 0.429. The van der Waals surface area contributed by atoms with E-state index in [1.165, 1.54) is 55.2 Å². The predicted molar refractivity (Wildman–Crippen MR) is 320 cm³/mol. The van der Waals surface area contributed by atoms with Crippen molar-refractivity contribution in [3.63, 3.8) is 0 Å². The average Bonchev–Trinajstić information content (AvgIpc) is 3.61. The second kappa shape index (κ2) is 27.6. The first-order chi connectivity index (χ1) is 39.1. The number of nitrogens with zero attached hydrogens (tertiary/aromatic N) is 3. The molecule has 3 aromatic heterocycles. The van der Waals surface area contributed by atoms with Crippen molar-refractivity contribution in [1.29, 1.82) is 0 Å². The molecular formula is C62H59ClN6O10S3. The van der Waals surface area contributed by atoms with E-state index in [2.05, 4.69) is 43.0 Å². The van der Waals surface area contributed by atoms with Gasteiger partial charge in [-0.1, -0.05) is 124 Å². The van der Waals surface area contributed by atoms with Gasteiger partial charge in [-0.25, -0.2) is 25.3 Å². The lowest BCUT2D eigenvalue weighted by Crippen LogP contribution is -2.16. The monoisotopic (exact) mass is 1180 g/mol. The molecule has 20 heteroatoms. The first kappa shape index (κ1) is 60.9. The van der Waals surface area contributed by atoms with Crippen LogP contribution in [0, 0.1) is 0 Å². The van der Waals surface area contributed by atoms with Gasteiger partial charge in [-0.3, -0.25) is 38.7 Å². The van der Waals surface area contributed by atoms with Gasteiger partial charge in [-0.05, 0) is 122 Å². The lowest BCUT2D eigenvalue weighted by molar-refractivity contribution is 0.103. The molecule has 0 aliphatic carbocycles. The van der Waals surface area contributed by atoms with Gasteiger partial charge in [0, 0.05) is 51.9 Å². The van der Waals surface area contributed by atoms with Crippen LogP contribution in [0.4, 0.5) is 17.1 Å². The first-order valence-electron chi connectivity index (χ1n) is 25.6. The third kappa shape index (κ3) is 16.7. The maximum absolute atomic E-state index is 12.8. The Morgan fingerprint density at radius 3 is 1.26 bits per heavy atom. The van der Waals surface area contributed by atoms with E-state index in [9.17, 15) is 34.8 Å². The van der Waals surface area contributed by atoms with Crippen LogP contribution in [0.5, 0.6) is 17.2 Å². The molecule has 422 valence electrons. The second-order valence-corrected chi connectivity index (χ2v) is 24.5. The smallest absolute Gasteiger partial charge is 0.262 e. The van der Waals surface area contributed by atoms with Crippen LogP contribution in [-0.2, 0) is 30.1 Å². The molecule has 16 nitrogen and oxygen atoms in total. The molecule has 3 N–H and O–H groups in total. The molecule has 0 saturated heterocycles. The van der Waals surface area contributed by atoms with Gasteiger partial charge in [-0.2, -0.15) is 0 Å². The molecule has 3 heterocycles. The number of pyridine rings is 3. The molecule has 0 spiro atoms. The van der Waals surface area contributed by atoms with Crippen molar-refractivity contribution < 1.29 is 44.3 Å². The molecule has 0 amide bonds. The number of rotatable bonds is 19. The van der Waals surface area contributed by atoms with Crippen LogP contribution in [0.3, 0.4) is 0 Å². The molecule has 9 rings (SSSR count). The minimum atomic E-state index is -3.89. The van der Waals surface area contributed by atoms with Gasteiger partial charge in [0.25, 0.3) is 30.1 Å². The summed E-state index contributed by atoms with van der Waals surface area (Å²) in [7, 11) is -11.5. The van der Waals surface area contributed by atoms with Gasteiger partial charge in [-0.15, -0.1) is 0 Å². The van der Waals surface area contributed by atoms with Crippen LogP contribution < -0.4 is 23.6 Å². The highest BCUT2D eigenvalue weighted by Gasteiger charge is 2.23. The summed E-state index contributed by atoms with van der Waals surface area (Å²) in [6.07, 6.45) is 8.72. The number of halogens is 1. The molecular weight excluding hydrogens is 1120 g/mol. The standard InChI is InChI=1S/C21H20N2O4S.C21H20N2O3S.C20H19ClN2O3S/c1-15(2)27-17-8-10-18(11-9-17)28(25,26)23-20-14-22-13-12-19(20)21(24)16-6-4-3-5-7-16;1-15(2)16-8-10-18(11-9-16)27(25,26)23-20-14-22-13-12-19(20)21(24)17-6-4-3-5-7-17;1-14(2)15-5-8-18(9-6-15)27(24,25)23-19-10-7-16(21)12-20(19)26-17-4-3-11-22-13-17/h3-15,23H,1-2H3;3-15,23H,1-2H3;3-14,23H,1-2H3. The van der Waals surface area contributed by atoms with E-state index in [0.29, 0.717) is 39.5 Å². The van der Waals surface area contributed by atoms with Crippen LogP contribution >= 0.6 is 11.6 Å². The summed E-state index contributed by atoms with van der Waals surface area (Å²) < 4.78 is 95.3. The van der Waals surface area contributed by atoms with Crippen LogP contribution in [0.15, 0.2) is 228 Å². The van der Waals surface area contributed by atoms with E-state index < -0.39 is 30.1 Å². The SMILES string of the molecule is CC(C)Oc1ccc(S(=O)(=O)Nc2cnccc2C(=O)c2ccccc2)cc1.CC(C)c1ccc(S(=O)(=O)Nc2ccc(Cl)cc2Oc2cccnc2)cc1.CC(C)c1ccc(S(=O)(=O)Nc2cnccc2C(=O)c2ccccc2)cc1. The van der Waals surface area contributed by atoms with E-state index in [1.54, 1.807) is 140 Å². The van der Waals surface area contributed by atoms with Crippen molar-refractivity contribution in [3.8, 4) is 17.2 Å². The number of anilines is 3. The Hall–Kier alpha value is -8.75. The molecule has 0 fully saturated rings. The van der Waals surface area contributed by atoms with Crippen molar-refractivity contribution in [2.75, 3.05) is 14.2 Å². The van der Waals surface area contributed by atoms with Crippen LogP contribution in [0.25, 0.3) is 0 Å². The number of nitrogens with one attached hydrogen (secondary N) is 3. The van der Waals surface area contributed by atoms with Crippen molar-refractivity contribution >= 4 is 70.3 Å². The third-order valence-electron chi connectivity index (χ3n) is 12.0. The Bertz CT molecular complexity index is 3960. The largest absolute Gasteiger partial charge is 0.491 e. The Morgan fingerprint density at radius 1 is 0.439 bits per heavy atom. The first-order valence-corrected chi connectivity index (χ1v) is 30.4. The maximum atomic E-state index is 12.8. The lowest BCUT2D eigenvalue weighted by atomic mass is 10.0. The summed E-state index contributed by atoms with van der Waals surface area (Å²) in [5.74, 6) is 1.41. The minimum absolute atomic E-state index is 0.0115. The molecule has 0 bridgehead atoms. The quantitative estimate of drug-likeness (QED) is 0.0641. The zero-order chi connectivity index (χ0) is 59.0. The van der Waals surface area contributed by atoms with Crippen LogP contribution in [-0.4, -0.2) is 57.9 Å². The Labute approximate surface area is 483 Å².